The van der Waals surface area contributed by atoms with E-state index in [2.05, 4.69) is 17.2 Å². The Kier molecular flexibility index (Phi) is 4.00. The molecule has 0 aliphatic carbocycles. The molecule has 1 aromatic carbocycles. The molecule has 0 heterocycles. The molecule has 0 radical (unpaired) electrons. The fourth-order valence-electron chi connectivity index (χ4n) is 1.15. The maximum atomic E-state index is 12.9. The van der Waals surface area contributed by atoms with Crippen molar-refractivity contribution in [3.8, 4) is 11.8 Å². The standard InChI is InChI=1S/C12H14FN/c1-3-4-5-8-14-11-6-7-12(13)10(2)9-11/h6-7,9,14H,5,8H2,1-2H3. The van der Waals surface area contributed by atoms with Gasteiger partial charge in [0.25, 0.3) is 0 Å². The summed E-state index contributed by atoms with van der Waals surface area (Å²) in [4.78, 5) is 0. The lowest BCUT2D eigenvalue weighted by atomic mass is 10.2. The minimum Gasteiger partial charge on any atom is -0.384 e. The quantitative estimate of drug-likeness (QED) is 0.572. The number of hydrogen-bond acceptors (Lipinski definition) is 1. The highest BCUT2D eigenvalue weighted by Gasteiger charge is 1.97. The Morgan fingerprint density at radius 2 is 2.21 bits per heavy atom. The van der Waals surface area contributed by atoms with Gasteiger partial charge in [0.05, 0.1) is 0 Å². The van der Waals surface area contributed by atoms with E-state index in [9.17, 15) is 4.39 Å². The lowest BCUT2D eigenvalue weighted by molar-refractivity contribution is 0.618. The van der Waals surface area contributed by atoms with Crippen LogP contribution in [0, 0.1) is 24.6 Å². The van der Waals surface area contributed by atoms with Crippen molar-refractivity contribution in [3.63, 3.8) is 0 Å². The summed E-state index contributed by atoms with van der Waals surface area (Å²) in [6, 6.07) is 5.01. The molecule has 1 aromatic rings. The number of nitrogens with one attached hydrogen (secondary N) is 1. The molecule has 0 spiro atoms. The number of rotatable bonds is 3. The number of anilines is 1. The van der Waals surface area contributed by atoms with E-state index < -0.39 is 0 Å². The molecule has 0 unspecified atom stereocenters. The summed E-state index contributed by atoms with van der Waals surface area (Å²) in [7, 11) is 0. The average molecular weight is 191 g/mol. The van der Waals surface area contributed by atoms with Crippen LogP contribution in [0.15, 0.2) is 18.2 Å². The van der Waals surface area contributed by atoms with Gasteiger partial charge in [0.15, 0.2) is 0 Å². The van der Waals surface area contributed by atoms with Crippen LogP contribution in [-0.2, 0) is 0 Å². The van der Waals surface area contributed by atoms with Crippen molar-refractivity contribution < 1.29 is 4.39 Å². The molecule has 0 aromatic heterocycles. The third-order valence-corrected chi connectivity index (χ3v) is 1.91. The predicted octanol–water partition coefficient (Wildman–Crippen LogP) is 2.96. The van der Waals surface area contributed by atoms with Crippen molar-refractivity contribution in [1.29, 1.82) is 0 Å². The lowest BCUT2D eigenvalue weighted by Crippen LogP contribution is -2.00. The number of aryl methyl sites for hydroxylation is 1. The molecule has 0 saturated carbocycles. The minimum atomic E-state index is -0.163. The molecule has 1 N–H and O–H groups in total. The van der Waals surface area contributed by atoms with Crippen LogP contribution in [0.5, 0.6) is 0 Å². The van der Waals surface area contributed by atoms with E-state index in [-0.39, 0.29) is 5.82 Å². The van der Waals surface area contributed by atoms with Crippen LogP contribution >= 0.6 is 0 Å². The molecular formula is C12H14FN. The first-order valence-corrected chi connectivity index (χ1v) is 4.63. The van der Waals surface area contributed by atoms with E-state index in [1.807, 2.05) is 6.92 Å². The van der Waals surface area contributed by atoms with Gasteiger partial charge >= 0.3 is 0 Å². The molecule has 0 amide bonds. The zero-order chi connectivity index (χ0) is 10.4. The van der Waals surface area contributed by atoms with Gasteiger partial charge in [0.1, 0.15) is 5.82 Å². The summed E-state index contributed by atoms with van der Waals surface area (Å²) in [5.74, 6) is 5.62. The van der Waals surface area contributed by atoms with Gasteiger partial charge in [-0.1, -0.05) is 0 Å². The second kappa shape index (κ2) is 5.29. The Morgan fingerprint density at radius 1 is 1.43 bits per heavy atom. The van der Waals surface area contributed by atoms with Crippen molar-refractivity contribution >= 4 is 5.69 Å². The fourth-order valence-corrected chi connectivity index (χ4v) is 1.15. The lowest BCUT2D eigenvalue weighted by Gasteiger charge is -2.05. The first-order chi connectivity index (χ1) is 6.74. The van der Waals surface area contributed by atoms with Crippen molar-refractivity contribution in [2.45, 2.75) is 20.3 Å². The molecule has 1 nitrogen and oxygen atoms in total. The summed E-state index contributed by atoms with van der Waals surface area (Å²) in [6.45, 7) is 4.38. The molecule has 1 rings (SSSR count). The summed E-state index contributed by atoms with van der Waals surface area (Å²) >= 11 is 0. The van der Waals surface area contributed by atoms with Gasteiger partial charge in [-0.3, -0.25) is 0 Å². The second-order valence-electron chi connectivity index (χ2n) is 3.07. The second-order valence-corrected chi connectivity index (χ2v) is 3.07. The Morgan fingerprint density at radius 3 is 2.86 bits per heavy atom. The summed E-state index contributed by atoms with van der Waals surface area (Å²) < 4.78 is 12.9. The zero-order valence-corrected chi connectivity index (χ0v) is 8.52. The van der Waals surface area contributed by atoms with Gasteiger partial charge in [-0.15, -0.1) is 11.8 Å². The first-order valence-electron chi connectivity index (χ1n) is 4.63. The first kappa shape index (κ1) is 10.6. The van der Waals surface area contributed by atoms with Gasteiger partial charge < -0.3 is 5.32 Å². The highest BCUT2D eigenvalue weighted by molar-refractivity contribution is 5.45. The van der Waals surface area contributed by atoms with Crippen molar-refractivity contribution in [2.24, 2.45) is 0 Å². The van der Waals surface area contributed by atoms with Gasteiger partial charge in [0, 0.05) is 18.7 Å². The normalized spacial score (nSPS) is 9.07. The van der Waals surface area contributed by atoms with Crippen LogP contribution in [-0.4, -0.2) is 6.54 Å². The van der Waals surface area contributed by atoms with Crippen LogP contribution in [0.4, 0.5) is 10.1 Å². The Labute approximate surface area is 84.3 Å². The van der Waals surface area contributed by atoms with Crippen LogP contribution in [0.2, 0.25) is 0 Å². The SMILES string of the molecule is CC#CCCNc1ccc(F)c(C)c1. The summed E-state index contributed by atoms with van der Waals surface area (Å²) in [6.07, 6.45) is 0.812. The predicted molar refractivity (Wildman–Crippen MR) is 57.7 cm³/mol. The zero-order valence-electron chi connectivity index (χ0n) is 8.52. The Bertz CT molecular complexity index is 360. The molecule has 14 heavy (non-hydrogen) atoms. The molecule has 0 fully saturated rings. The van der Waals surface area contributed by atoms with E-state index in [1.165, 1.54) is 6.07 Å². The van der Waals surface area contributed by atoms with E-state index in [0.717, 1.165) is 18.7 Å². The molecule has 0 bridgehead atoms. The van der Waals surface area contributed by atoms with Crippen molar-refractivity contribution in [3.05, 3.63) is 29.6 Å². The van der Waals surface area contributed by atoms with Gasteiger partial charge in [-0.2, -0.15) is 0 Å². The summed E-state index contributed by atoms with van der Waals surface area (Å²) in [5.41, 5.74) is 1.61. The summed E-state index contributed by atoms with van der Waals surface area (Å²) in [5, 5.41) is 3.18. The number of halogens is 1. The highest BCUT2D eigenvalue weighted by Crippen LogP contribution is 2.13. The van der Waals surface area contributed by atoms with E-state index >= 15 is 0 Å². The van der Waals surface area contributed by atoms with Gasteiger partial charge in [-0.25, -0.2) is 4.39 Å². The van der Waals surface area contributed by atoms with Crippen LogP contribution in [0.3, 0.4) is 0 Å². The molecule has 2 heteroatoms. The topological polar surface area (TPSA) is 12.0 Å². The van der Waals surface area contributed by atoms with Crippen LogP contribution in [0.1, 0.15) is 18.9 Å². The van der Waals surface area contributed by atoms with Crippen LogP contribution in [0.25, 0.3) is 0 Å². The highest BCUT2D eigenvalue weighted by atomic mass is 19.1. The maximum absolute atomic E-state index is 12.9. The average Bonchev–Trinajstić information content (AvgIpc) is 2.18. The maximum Gasteiger partial charge on any atom is 0.126 e. The van der Waals surface area contributed by atoms with E-state index in [4.69, 9.17) is 0 Å². The van der Waals surface area contributed by atoms with Crippen molar-refractivity contribution in [1.82, 2.24) is 0 Å². The third-order valence-electron chi connectivity index (χ3n) is 1.91. The van der Waals surface area contributed by atoms with Crippen LogP contribution < -0.4 is 5.32 Å². The largest absolute Gasteiger partial charge is 0.384 e. The Hall–Kier alpha value is -1.49. The third kappa shape index (κ3) is 3.10. The van der Waals surface area contributed by atoms with Gasteiger partial charge in [0.2, 0.25) is 0 Å². The monoisotopic (exact) mass is 191 g/mol. The molecule has 74 valence electrons. The molecule has 0 aliphatic heterocycles. The minimum absolute atomic E-state index is 0.163. The number of benzene rings is 1. The van der Waals surface area contributed by atoms with Gasteiger partial charge in [-0.05, 0) is 37.6 Å². The molecule has 0 aliphatic rings. The van der Waals surface area contributed by atoms with E-state index in [1.54, 1.807) is 19.1 Å². The van der Waals surface area contributed by atoms with Crippen molar-refractivity contribution in [2.75, 3.05) is 11.9 Å². The molecule has 0 saturated heterocycles. The molecular weight excluding hydrogens is 177 g/mol. The van der Waals surface area contributed by atoms with E-state index in [0.29, 0.717) is 5.56 Å². The molecule has 0 atom stereocenters. The Balaban J connectivity index is 2.50. The number of hydrogen-bond donors (Lipinski definition) is 1. The fraction of sp³-hybridized carbons (Fsp3) is 0.333. The smallest absolute Gasteiger partial charge is 0.126 e.